The van der Waals surface area contributed by atoms with Crippen LogP contribution in [0.15, 0.2) is 41.1 Å². The highest BCUT2D eigenvalue weighted by atomic mass is 16.5. The van der Waals surface area contributed by atoms with Crippen molar-refractivity contribution in [3.8, 4) is 0 Å². The molecule has 1 aliphatic rings. The van der Waals surface area contributed by atoms with Gasteiger partial charge in [0, 0.05) is 18.5 Å². The number of likely N-dealkylation sites (tertiary alicyclic amines) is 1. The van der Waals surface area contributed by atoms with Crippen LogP contribution in [0.25, 0.3) is 5.52 Å². The maximum absolute atomic E-state index is 13.1. The van der Waals surface area contributed by atoms with Crippen molar-refractivity contribution >= 4 is 11.4 Å². The average molecular weight is 324 g/mol. The molecule has 0 bridgehead atoms. The Bertz CT molecular complexity index is 880. The Labute approximate surface area is 140 Å². The van der Waals surface area contributed by atoms with Crippen LogP contribution in [0.5, 0.6) is 0 Å². The summed E-state index contributed by atoms with van der Waals surface area (Å²) in [6.45, 7) is 4.87. The molecule has 0 radical (unpaired) electrons. The lowest BCUT2D eigenvalue weighted by Crippen LogP contribution is -2.32. The second-order valence-corrected chi connectivity index (χ2v) is 6.54. The highest BCUT2D eigenvalue weighted by Gasteiger charge is 2.34. The van der Waals surface area contributed by atoms with Crippen LogP contribution in [-0.2, 0) is 0 Å². The monoisotopic (exact) mass is 324 g/mol. The summed E-state index contributed by atoms with van der Waals surface area (Å²) in [5.74, 6) is 1.13. The van der Waals surface area contributed by atoms with E-state index in [0.29, 0.717) is 5.69 Å². The molecule has 124 valence electrons. The van der Waals surface area contributed by atoms with Gasteiger partial charge in [-0.05, 0) is 31.0 Å². The van der Waals surface area contributed by atoms with Crippen molar-refractivity contribution in [3.05, 3.63) is 53.7 Å². The molecule has 4 heterocycles. The molecule has 1 amide bonds. The van der Waals surface area contributed by atoms with Crippen LogP contribution in [0.4, 0.5) is 0 Å². The first-order valence-electron chi connectivity index (χ1n) is 8.35. The van der Waals surface area contributed by atoms with Gasteiger partial charge in [0.25, 0.3) is 5.91 Å². The van der Waals surface area contributed by atoms with Gasteiger partial charge >= 0.3 is 0 Å². The molecule has 3 aromatic heterocycles. The van der Waals surface area contributed by atoms with Crippen molar-refractivity contribution < 1.29 is 9.32 Å². The maximum Gasteiger partial charge on any atom is 0.273 e. The first kappa shape index (κ1) is 14.9. The van der Waals surface area contributed by atoms with Crippen molar-refractivity contribution in [2.24, 2.45) is 0 Å². The summed E-state index contributed by atoms with van der Waals surface area (Å²) < 4.78 is 7.12. The molecule has 24 heavy (non-hydrogen) atoms. The minimum Gasteiger partial charge on any atom is -0.361 e. The zero-order valence-electron chi connectivity index (χ0n) is 13.8. The Kier molecular flexibility index (Phi) is 3.59. The fraction of sp³-hybridized carbons (Fsp3) is 0.389. The van der Waals surface area contributed by atoms with Crippen LogP contribution < -0.4 is 0 Å². The Morgan fingerprint density at radius 1 is 1.33 bits per heavy atom. The second-order valence-electron chi connectivity index (χ2n) is 6.54. The zero-order valence-corrected chi connectivity index (χ0v) is 13.8. The number of amides is 1. The fourth-order valence-electron chi connectivity index (χ4n) is 3.31. The molecule has 4 rings (SSSR count). The topological polar surface area (TPSA) is 63.6 Å². The average Bonchev–Trinajstić information content (AvgIpc) is 3.31. The Balaban J connectivity index is 1.67. The van der Waals surface area contributed by atoms with Gasteiger partial charge in [0.05, 0.1) is 17.8 Å². The molecule has 0 saturated carbocycles. The number of nitrogens with zero attached hydrogens (tertiary/aromatic N) is 4. The highest BCUT2D eigenvalue weighted by molar-refractivity contribution is 5.93. The molecule has 1 aliphatic heterocycles. The summed E-state index contributed by atoms with van der Waals surface area (Å²) in [7, 11) is 0. The summed E-state index contributed by atoms with van der Waals surface area (Å²) >= 11 is 0. The standard InChI is InChI=1S/C18H20N4O2/c1-12(2)17-11-14(20-24-17)15-7-4-10-21(15)18(23)16-6-3-5-13-8-9-19-22(13)16/h3,5-6,8-9,11-12,15H,4,7,10H2,1-2H3. The predicted molar refractivity (Wildman–Crippen MR) is 88.8 cm³/mol. The van der Waals surface area contributed by atoms with Crippen molar-refractivity contribution in [2.45, 2.75) is 38.6 Å². The largest absolute Gasteiger partial charge is 0.361 e. The quantitative estimate of drug-likeness (QED) is 0.740. The van der Waals surface area contributed by atoms with Gasteiger partial charge in [0.2, 0.25) is 0 Å². The van der Waals surface area contributed by atoms with E-state index in [1.807, 2.05) is 35.2 Å². The number of carbonyl (C=O) groups excluding carboxylic acids is 1. The van der Waals surface area contributed by atoms with E-state index in [1.165, 1.54) is 0 Å². The Hall–Kier alpha value is -2.63. The third-order valence-electron chi connectivity index (χ3n) is 4.61. The molecule has 6 heteroatoms. The smallest absolute Gasteiger partial charge is 0.273 e. The van der Waals surface area contributed by atoms with Gasteiger partial charge in [-0.25, -0.2) is 4.52 Å². The number of aromatic nitrogens is 3. The molecule has 0 aromatic carbocycles. The predicted octanol–water partition coefficient (Wildman–Crippen LogP) is 3.42. The fourth-order valence-corrected chi connectivity index (χ4v) is 3.31. The lowest BCUT2D eigenvalue weighted by Gasteiger charge is -2.23. The summed E-state index contributed by atoms with van der Waals surface area (Å²) in [6, 6.07) is 9.50. The third kappa shape index (κ3) is 2.38. The first-order chi connectivity index (χ1) is 11.6. The molecular weight excluding hydrogens is 304 g/mol. The lowest BCUT2D eigenvalue weighted by atomic mass is 10.1. The van der Waals surface area contributed by atoms with Crippen LogP contribution in [0.2, 0.25) is 0 Å². The highest BCUT2D eigenvalue weighted by Crippen LogP contribution is 2.33. The number of carbonyl (C=O) groups is 1. The first-order valence-corrected chi connectivity index (χ1v) is 8.35. The third-order valence-corrected chi connectivity index (χ3v) is 4.61. The van der Waals surface area contributed by atoms with E-state index in [-0.39, 0.29) is 17.9 Å². The molecule has 0 spiro atoms. The van der Waals surface area contributed by atoms with Crippen molar-refractivity contribution in [2.75, 3.05) is 6.54 Å². The van der Waals surface area contributed by atoms with Crippen LogP contribution >= 0.6 is 0 Å². The van der Waals surface area contributed by atoms with E-state index >= 15 is 0 Å². The summed E-state index contributed by atoms with van der Waals surface area (Å²) in [5.41, 5.74) is 2.34. The van der Waals surface area contributed by atoms with Gasteiger partial charge in [-0.3, -0.25) is 4.79 Å². The van der Waals surface area contributed by atoms with Gasteiger partial charge in [0.15, 0.2) is 0 Å². The summed E-state index contributed by atoms with van der Waals surface area (Å²) in [5, 5.41) is 8.48. The van der Waals surface area contributed by atoms with Crippen molar-refractivity contribution in [1.82, 2.24) is 19.7 Å². The van der Waals surface area contributed by atoms with E-state index in [2.05, 4.69) is 24.1 Å². The van der Waals surface area contributed by atoms with Gasteiger partial charge in [-0.15, -0.1) is 0 Å². The number of pyridine rings is 1. The van der Waals surface area contributed by atoms with Crippen LogP contribution in [-0.4, -0.2) is 32.1 Å². The number of hydrogen-bond acceptors (Lipinski definition) is 4. The number of rotatable bonds is 3. The van der Waals surface area contributed by atoms with Gasteiger partial charge in [0.1, 0.15) is 17.1 Å². The van der Waals surface area contributed by atoms with Crippen LogP contribution in [0.1, 0.15) is 60.6 Å². The van der Waals surface area contributed by atoms with Crippen molar-refractivity contribution in [1.29, 1.82) is 0 Å². The van der Waals surface area contributed by atoms with E-state index in [9.17, 15) is 4.79 Å². The maximum atomic E-state index is 13.1. The molecule has 0 N–H and O–H groups in total. The molecular formula is C18H20N4O2. The van der Waals surface area contributed by atoms with E-state index < -0.39 is 0 Å². The number of hydrogen-bond donors (Lipinski definition) is 0. The van der Waals surface area contributed by atoms with Crippen LogP contribution in [0.3, 0.4) is 0 Å². The van der Waals surface area contributed by atoms with Crippen molar-refractivity contribution in [3.63, 3.8) is 0 Å². The molecule has 1 fully saturated rings. The summed E-state index contributed by atoms with van der Waals surface area (Å²) in [6.07, 6.45) is 3.58. The minimum absolute atomic E-state index is 0.0131. The van der Waals surface area contributed by atoms with Crippen LogP contribution in [0, 0.1) is 0 Å². The minimum atomic E-state index is -0.0282. The van der Waals surface area contributed by atoms with E-state index in [0.717, 1.165) is 36.4 Å². The van der Waals surface area contributed by atoms with Gasteiger partial charge in [-0.2, -0.15) is 5.10 Å². The Morgan fingerprint density at radius 2 is 2.21 bits per heavy atom. The molecule has 1 atom stereocenters. The molecule has 6 nitrogen and oxygen atoms in total. The molecule has 1 unspecified atom stereocenters. The molecule has 1 saturated heterocycles. The number of fused-ring (bicyclic) bond motifs is 1. The Morgan fingerprint density at radius 3 is 3.00 bits per heavy atom. The van der Waals surface area contributed by atoms with E-state index in [1.54, 1.807) is 10.7 Å². The molecule has 0 aliphatic carbocycles. The zero-order chi connectivity index (χ0) is 16.7. The SMILES string of the molecule is CC(C)c1cc(C2CCCN2C(=O)c2cccc3ccnn23)no1. The van der Waals surface area contributed by atoms with E-state index in [4.69, 9.17) is 4.52 Å². The van der Waals surface area contributed by atoms with Gasteiger partial charge < -0.3 is 9.42 Å². The summed E-state index contributed by atoms with van der Waals surface area (Å²) in [4.78, 5) is 15.0. The molecule has 3 aromatic rings. The lowest BCUT2D eigenvalue weighted by molar-refractivity contribution is 0.0722. The van der Waals surface area contributed by atoms with Gasteiger partial charge in [-0.1, -0.05) is 25.1 Å². The normalized spacial score (nSPS) is 18.0. The second kappa shape index (κ2) is 5.78.